The number of hydrogen-bond donors (Lipinski definition) is 0. The zero-order valence-electron chi connectivity index (χ0n) is 12.5. The summed E-state index contributed by atoms with van der Waals surface area (Å²) < 4.78 is 8.04. The first kappa shape index (κ1) is 13.9. The first-order chi connectivity index (χ1) is 10.8. The molecule has 0 spiro atoms. The number of rotatable bonds is 3. The molecule has 0 aliphatic carbocycles. The highest BCUT2D eigenvalue weighted by Crippen LogP contribution is 2.25. The summed E-state index contributed by atoms with van der Waals surface area (Å²) >= 11 is 1.66. The molecule has 3 heterocycles. The molecule has 0 radical (unpaired) electrons. The Bertz CT molecular complexity index is 768. The van der Waals surface area contributed by atoms with E-state index in [0.717, 1.165) is 42.6 Å². The van der Waals surface area contributed by atoms with Gasteiger partial charge in [0.2, 0.25) is 0 Å². The minimum absolute atomic E-state index is 0.0865. The van der Waals surface area contributed by atoms with Crippen molar-refractivity contribution in [3.8, 4) is 0 Å². The number of nitrogens with zero attached hydrogens (tertiary/aromatic N) is 4. The maximum Gasteiger partial charge on any atom is 0.123 e. The van der Waals surface area contributed by atoms with Gasteiger partial charge in [0.05, 0.1) is 24.2 Å². The van der Waals surface area contributed by atoms with Crippen LogP contribution in [0.1, 0.15) is 16.9 Å². The topological polar surface area (TPSA) is 43.2 Å². The molecule has 0 amide bonds. The van der Waals surface area contributed by atoms with E-state index in [1.165, 1.54) is 5.52 Å². The van der Waals surface area contributed by atoms with Crippen molar-refractivity contribution < 1.29 is 4.74 Å². The molecule has 1 unspecified atom stereocenters. The molecule has 6 heteroatoms. The van der Waals surface area contributed by atoms with Gasteiger partial charge in [-0.3, -0.25) is 4.90 Å². The van der Waals surface area contributed by atoms with Crippen LogP contribution in [0.5, 0.6) is 0 Å². The van der Waals surface area contributed by atoms with Gasteiger partial charge in [-0.1, -0.05) is 12.1 Å². The van der Waals surface area contributed by atoms with Gasteiger partial charge in [0.15, 0.2) is 0 Å². The van der Waals surface area contributed by atoms with Crippen LogP contribution in [0, 0.1) is 0 Å². The summed E-state index contributed by atoms with van der Waals surface area (Å²) in [5.41, 5.74) is 2.24. The second kappa shape index (κ2) is 5.79. The van der Waals surface area contributed by atoms with Crippen LogP contribution in [-0.4, -0.2) is 39.1 Å². The number of aromatic nitrogens is 3. The van der Waals surface area contributed by atoms with Gasteiger partial charge in [-0.15, -0.1) is 11.3 Å². The Morgan fingerprint density at radius 3 is 3.09 bits per heavy atom. The highest BCUT2D eigenvalue weighted by Gasteiger charge is 2.24. The summed E-state index contributed by atoms with van der Waals surface area (Å²) in [7, 11) is 2.09. The number of fused-ring (bicyclic) bond motifs is 1. The zero-order valence-corrected chi connectivity index (χ0v) is 13.3. The summed E-state index contributed by atoms with van der Waals surface area (Å²) in [6, 6.07) is 8.27. The SMILES string of the molecule is Cn1c(CN2CCOC(c3nccs3)C2)nc2ccccc21. The Morgan fingerprint density at radius 1 is 1.36 bits per heavy atom. The van der Waals surface area contributed by atoms with Crippen molar-refractivity contribution >= 4 is 22.4 Å². The van der Waals surface area contributed by atoms with Gasteiger partial charge in [0.25, 0.3) is 0 Å². The molecule has 1 atom stereocenters. The molecular weight excluding hydrogens is 296 g/mol. The van der Waals surface area contributed by atoms with Gasteiger partial charge >= 0.3 is 0 Å². The lowest BCUT2D eigenvalue weighted by Crippen LogP contribution is -2.38. The highest BCUT2D eigenvalue weighted by molar-refractivity contribution is 7.09. The number of para-hydroxylation sites is 2. The van der Waals surface area contributed by atoms with E-state index in [1.54, 1.807) is 11.3 Å². The summed E-state index contributed by atoms with van der Waals surface area (Å²) in [6.07, 6.45) is 1.93. The molecule has 2 aromatic heterocycles. The maximum absolute atomic E-state index is 5.86. The Balaban J connectivity index is 1.53. The minimum atomic E-state index is 0.0865. The van der Waals surface area contributed by atoms with Crippen LogP contribution in [0.4, 0.5) is 0 Å². The number of ether oxygens (including phenoxy) is 1. The van der Waals surface area contributed by atoms with Crippen molar-refractivity contribution in [3.63, 3.8) is 0 Å². The molecular formula is C16H18N4OS. The van der Waals surface area contributed by atoms with E-state index in [0.29, 0.717) is 0 Å². The normalized spacial score (nSPS) is 19.8. The Labute approximate surface area is 133 Å². The molecule has 0 bridgehead atoms. The van der Waals surface area contributed by atoms with Crippen LogP contribution in [0.2, 0.25) is 0 Å². The molecule has 0 saturated carbocycles. The Morgan fingerprint density at radius 2 is 2.27 bits per heavy atom. The molecule has 3 aromatic rings. The van der Waals surface area contributed by atoms with Crippen molar-refractivity contribution in [2.45, 2.75) is 12.6 Å². The van der Waals surface area contributed by atoms with Crippen LogP contribution in [0.15, 0.2) is 35.8 Å². The van der Waals surface area contributed by atoms with Gasteiger partial charge < -0.3 is 9.30 Å². The fourth-order valence-electron chi connectivity index (χ4n) is 2.93. The van der Waals surface area contributed by atoms with E-state index < -0.39 is 0 Å². The molecule has 1 saturated heterocycles. The molecule has 4 rings (SSSR count). The fraction of sp³-hybridized carbons (Fsp3) is 0.375. The monoisotopic (exact) mass is 314 g/mol. The van der Waals surface area contributed by atoms with Crippen molar-refractivity contribution in [1.82, 2.24) is 19.4 Å². The van der Waals surface area contributed by atoms with E-state index in [-0.39, 0.29) is 6.10 Å². The lowest BCUT2D eigenvalue weighted by atomic mass is 10.3. The number of imidazole rings is 1. The predicted octanol–water partition coefficient (Wildman–Crippen LogP) is 2.60. The van der Waals surface area contributed by atoms with Gasteiger partial charge in [0, 0.05) is 31.7 Å². The molecule has 1 aliphatic heterocycles. The molecule has 1 aliphatic rings. The maximum atomic E-state index is 5.86. The van der Waals surface area contributed by atoms with Crippen LogP contribution < -0.4 is 0 Å². The van der Waals surface area contributed by atoms with E-state index in [1.807, 2.05) is 17.6 Å². The number of benzene rings is 1. The van der Waals surface area contributed by atoms with Crippen LogP contribution in [0.25, 0.3) is 11.0 Å². The number of morpholine rings is 1. The van der Waals surface area contributed by atoms with E-state index in [9.17, 15) is 0 Å². The van der Waals surface area contributed by atoms with E-state index in [4.69, 9.17) is 9.72 Å². The number of aryl methyl sites for hydroxylation is 1. The lowest BCUT2D eigenvalue weighted by Gasteiger charge is -2.31. The smallest absolute Gasteiger partial charge is 0.123 e. The third kappa shape index (κ3) is 2.54. The predicted molar refractivity (Wildman–Crippen MR) is 86.8 cm³/mol. The fourth-order valence-corrected chi connectivity index (χ4v) is 3.60. The summed E-state index contributed by atoms with van der Waals surface area (Å²) in [5.74, 6) is 1.10. The quantitative estimate of drug-likeness (QED) is 0.745. The average molecular weight is 314 g/mol. The Hall–Kier alpha value is -1.76. The zero-order chi connectivity index (χ0) is 14.9. The van der Waals surface area contributed by atoms with Gasteiger partial charge in [0.1, 0.15) is 16.9 Å². The van der Waals surface area contributed by atoms with Crippen molar-refractivity contribution in [3.05, 3.63) is 46.7 Å². The van der Waals surface area contributed by atoms with Gasteiger partial charge in [-0.05, 0) is 12.1 Å². The van der Waals surface area contributed by atoms with Crippen LogP contribution in [0.3, 0.4) is 0 Å². The second-order valence-electron chi connectivity index (χ2n) is 5.54. The minimum Gasteiger partial charge on any atom is -0.368 e. The number of hydrogen-bond acceptors (Lipinski definition) is 5. The third-order valence-electron chi connectivity index (χ3n) is 4.12. The van der Waals surface area contributed by atoms with Crippen molar-refractivity contribution in [2.24, 2.45) is 7.05 Å². The first-order valence-corrected chi connectivity index (χ1v) is 8.33. The van der Waals surface area contributed by atoms with Crippen LogP contribution in [-0.2, 0) is 18.3 Å². The van der Waals surface area contributed by atoms with Gasteiger partial charge in [-0.25, -0.2) is 9.97 Å². The van der Waals surface area contributed by atoms with Gasteiger partial charge in [-0.2, -0.15) is 0 Å². The molecule has 22 heavy (non-hydrogen) atoms. The summed E-state index contributed by atoms with van der Waals surface area (Å²) in [5, 5.41) is 3.07. The Kier molecular flexibility index (Phi) is 3.65. The molecule has 1 aromatic carbocycles. The van der Waals surface area contributed by atoms with Crippen LogP contribution >= 0.6 is 11.3 Å². The lowest BCUT2D eigenvalue weighted by molar-refractivity contribution is -0.0339. The molecule has 114 valence electrons. The van der Waals surface area contributed by atoms with Crippen molar-refractivity contribution in [2.75, 3.05) is 19.7 Å². The van der Waals surface area contributed by atoms with E-state index in [2.05, 4.69) is 39.7 Å². The van der Waals surface area contributed by atoms with E-state index >= 15 is 0 Å². The number of thiazole rings is 1. The van der Waals surface area contributed by atoms with Crippen molar-refractivity contribution in [1.29, 1.82) is 0 Å². The standard InChI is InChI=1S/C16H18N4OS/c1-19-13-5-3-2-4-12(13)18-15(19)11-20-7-8-21-14(10-20)16-17-6-9-22-16/h2-6,9,14H,7-8,10-11H2,1H3. The largest absolute Gasteiger partial charge is 0.368 e. The summed E-state index contributed by atoms with van der Waals surface area (Å²) in [4.78, 5) is 11.5. The highest BCUT2D eigenvalue weighted by atomic mass is 32.1. The average Bonchev–Trinajstić information content (AvgIpc) is 3.18. The second-order valence-corrected chi connectivity index (χ2v) is 6.47. The molecule has 0 N–H and O–H groups in total. The summed E-state index contributed by atoms with van der Waals surface area (Å²) in [6.45, 7) is 3.40. The third-order valence-corrected chi connectivity index (χ3v) is 4.99. The molecule has 1 fully saturated rings. The molecule has 5 nitrogen and oxygen atoms in total. The first-order valence-electron chi connectivity index (χ1n) is 7.45.